The highest BCUT2D eigenvalue weighted by molar-refractivity contribution is 5.81. The van der Waals surface area contributed by atoms with E-state index in [1.54, 1.807) is 32.3 Å². The van der Waals surface area contributed by atoms with Crippen LogP contribution in [0.5, 0.6) is 0 Å². The molecule has 0 spiro atoms. The molecule has 0 aliphatic carbocycles. The van der Waals surface area contributed by atoms with Crippen LogP contribution in [0.4, 0.5) is 11.6 Å². The van der Waals surface area contributed by atoms with Gasteiger partial charge in [-0.3, -0.25) is 14.6 Å². The number of aromatic amines is 1. The first kappa shape index (κ1) is 13.9. The molecule has 1 aromatic carbocycles. The van der Waals surface area contributed by atoms with Crippen molar-refractivity contribution in [2.75, 3.05) is 31.7 Å². The molecule has 0 aliphatic rings. The molecule has 0 saturated heterocycles. The van der Waals surface area contributed by atoms with E-state index < -0.39 is 0 Å². The van der Waals surface area contributed by atoms with Crippen molar-refractivity contribution in [2.24, 2.45) is 0 Å². The number of aromatic nitrogens is 2. The molecule has 1 aromatic heterocycles. The van der Waals surface area contributed by atoms with Crippen molar-refractivity contribution in [3.05, 3.63) is 28.6 Å². The van der Waals surface area contributed by atoms with Crippen molar-refractivity contribution in [1.29, 1.82) is 0 Å². The van der Waals surface area contributed by atoms with E-state index in [1.807, 2.05) is 0 Å². The number of nitrogens with zero attached hydrogens (tertiary/aromatic N) is 2. The number of anilines is 2. The quantitative estimate of drug-likeness (QED) is 0.700. The number of nitrogens with one attached hydrogen (secondary N) is 2. The average Bonchev–Trinajstić information content (AvgIpc) is 2.39. The molecule has 0 saturated carbocycles. The van der Waals surface area contributed by atoms with Crippen LogP contribution < -0.4 is 16.6 Å². The van der Waals surface area contributed by atoms with Crippen LogP contribution in [0, 0.1) is 0 Å². The highest BCUT2D eigenvalue weighted by atomic mass is 16.2. The molecule has 1 amide bonds. The summed E-state index contributed by atoms with van der Waals surface area (Å²) in [5.74, 6) is 0.354. The lowest BCUT2D eigenvalue weighted by atomic mass is 10.2. The van der Waals surface area contributed by atoms with Crippen molar-refractivity contribution < 1.29 is 4.79 Å². The van der Waals surface area contributed by atoms with Gasteiger partial charge >= 0.3 is 0 Å². The normalized spacial score (nSPS) is 10.5. The van der Waals surface area contributed by atoms with Gasteiger partial charge < -0.3 is 16.0 Å². The Morgan fingerprint density at radius 2 is 2.20 bits per heavy atom. The highest BCUT2D eigenvalue weighted by Gasteiger charge is 2.06. The zero-order valence-corrected chi connectivity index (χ0v) is 11.4. The molecule has 4 N–H and O–H groups in total. The molecule has 20 heavy (non-hydrogen) atoms. The third-order valence-electron chi connectivity index (χ3n) is 2.86. The molecule has 106 valence electrons. The first-order valence-electron chi connectivity index (χ1n) is 6.21. The number of H-pyrrole nitrogens is 1. The average molecular weight is 275 g/mol. The highest BCUT2D eigenvalue weighted by Crippen LogP contribution is 2.12. The lowest BCUT2D eigenvalue weighted by Gasteiger charge is -2.10. The van der Waals surface area contributed by atoms with Gasteiger partial charge in [0.1, 0.15) is 0 Å². The van der Waals surface area contributed by atoms with Crippen molar-refractivity contribution in [2.45, 2.75) is 6.42 Å². The summed E-state index contributed by atoms with van der Waals surface area (Å²) in [5.41, 5.74) is 6.45. The number of carbonyl (C=O) groups is 1. The number of hydrogen-bond donors (Lipinski definition) is 3. The van der Waals surface area contributed by atoms with E-state index in [1.165, 1.54) is 4.90 Å². The molecule has 0 bridgehead atoms. The standard InChI is InChI=1S/C13H17N5O2/c1-18(2)11(19)5-6-15-13-16-10-4-3-8(14)7-9(10)12(20)17-13/h3-4,7H,5-6,14H2,1-2H3,(H2,15,16,17,20). The number of amides is 1. The molecule has 0 atom stereocenters. The molecular formula is C13H17N5O2. The van der Waals surface area contributed by atoms with Crippen LogP contribution in [0.1, 0.15) is 6.42 Å². The number of hydrogen-bond acceptors (Lipinski definition) is 5. The topological polar surface area (TPSA) is 104 Å². The summed E-state index contributed by atoms with van der Waals surface area (Å²) < 4.78 is 0. The Hall–Kier alpha value is -2.57. The number of benzene rings is 1. The number of fused-ring (bicyclic) bond motifs is 1. The molecular weight excluding hydrogens is 258 g/mol. The van der Waals surface area contributed by atoms with Crippen LogP contribution >= 0.6 is 0 Å². The number of nitrogen functional groups attached to an aromatic ring is 1. The maximum absolute atomic E-state index is 11.9. The summed E-state index contributed by atoms with van der Waals surface area (Å²) in [6, 6.07) is 4.96. The SMILES string of the molecule is CN(C)C(=O)CCNc1nc2ccc(N)cc2c(=O)[nH]1. The van der Waals surface area contributed by atoms with Crippen molar-refractivity contribution in [1.82, 2.24) is 14.9 Å². The summed E-state index contributed by atoms with van der Waals surface area (Å²) in [6.07, 6.45) is 0.330. The summed E-state index contributed by atoms with van der Waals surface area (Å²) in [5, 5.41) is 3.38. The Labute approximate surface area is 115 Å². The second kappa shape index (κ2) is 5.60. The van der Waals surface area contributed by atoms with Crippen molar-refractivity contribution >= 4 is 28.4 Å². The van der Waals surface area contributed by atoms with E-state index in [9.17, 15) is 9.59 Å². The molecule has 2 rings (SSSR count). The van der Waals surface area contributed by atoms with E-state index in [-0.39, 0.29) is 11.5 Å². The van der Waals surface area contributed by atoms with E-state index in [4.69, 9.17) is 5.73 Å². The molecule has 0 aliphatic heterocycles. The lowest BCUT2D eigenvalue weighted by Crippen LogP contribution is -2.24. The van der Waals surface area contributed by atoms with E-state index in [0.717, 1.165) is 0 Å². The third-order valence-corrected chi connectivity index (χ3v) is 2.86. The number of nitrogens with two attached hydrogens (primary N) is 1. The molecule has 7 heteroatoms. The van der Waals surface area contributed by atoms with Crippen molar-refractivity contribution in [3.8, 4) is 0 Å². The van der Waals surface area contributed by atoms with E-state index >= 15 is 0 Å². The van der Waals surface area contributed by atoms with Gasteiger partial charge in [-0.2, -0.15) is 0 Å². The molecule has 1 heterocycles. The van der Waals surface area contributed by atoms with Gasteiger partial charge in [-0.25, -0.2) is 4.98 Å². The lowest BCUT2D eigenvalue weighted by molar-refractivity contribution is -0.128. The van der Waals surface area contributed by atoms with Crippen LogP contribution in [-0.4, -0.2) is 41.4 Å². The predicted molar refractivity (Wildman–Crippen MR) is 78.6 cm³/mol. The minimum Gasteiger partial charge on any atom is -0.399 e. The van der Waals surface area contributed by atoms with E-state index in [0.29, 0.717) is 35.5 Å². The maximum Gasteiger partial charge on any atom is 0.260 e. The van der Waals surface area contributed by atoms with Crippen LogP contribution in [0.15, 0.2) is 23.0 Å². The van der Waals surface area contributed by atoms with Gasteiger partial charge in [-0.1, -0.05) is 0 Å². The minimum atomic E-state index is -0.260. The Balaban J connectivity index is 2.14. The zero-order valence-electron chi connectivity index (χ0n) is 11.4. The maximum atomic E-state index is 11.9. The van der Waals surface area contributed by atoms with Crippen LogP contribution in [0.2, 0.25) is 0 Å². The first-order chi connectivity index (χ1) is 9.47. The Bertz CT molecular complexity index is 693. The van der Waals surface area contributed by atoms with Crippen LogP contribution in [-0.2, 0) is 4.79 Å². The smallest absolute Gasteiger partial charge is 0.260 e. The first-order valence-corrected chi connectivity index (χ1v) is 6.21. The fourth-order valence-corrected chi connectivity index (χ4v) is 1.75. The fourth-order valence-electron chi connectivity index (χ4n) is 1.75. The Morgan fingerprint density at radius 3 is 2.90 bits per heavy atom. The largest absolute Gasteiger partial charge is 0.399 e. The summed E-state index contributed by atoms with van der Waals surface area (Å²) in [4.78, 5) is 31.7. The van der Waals surface area contributed by atoms with Gasteiger partial charge in [0.15, 0.2) is 0 Å². The zero-order chi connectivity index (χ0) is 14.7. The number of carbonyl (C=O) groups excluding carboxylic acids is 1. The number of rotatable bonds is 4. The van der Waals surface area contributed by atoms with Gasteiger partial charge in [0.25, 0.3) is 5.56 Å². The molecule has 0 fully saturated rings. The van der Waals surface area contributed by atoms with E-state index in [2.05, 4.69) is 15.3 Å². The predicted octanol–water partition coefficient (Wildman–Crippen LogP) is 0.395. The van der Waals surface area contributed by atoms with Gasteiger partial charge in [0.05, 0.1) is 10.9 Å². The Kier molecular flexibility index (Phi) is 3.88. The Morgan fingerprint density at radius 1 is 1.45 bits per heavy atom. The molecule has 2 aromatic rings. The van der Waals surface area contributed by atoms with Crippen LogP contribution in [0.3, 0.4) is 0 Å². The van der Waals surface area contributed by atoms with Gasteiger partial charge in [0, 0.05) is 32.7 Å². The minimum absolute atomic E-state index is 0.00779. The molecule has 7 nitrogen and oxygen atoms in total. The van der Waals surface area contributed by atoms with Gasteiger partial charge in [0.2, 0.25) is 11.9 Å². The summed E-state index contributed by atoms with van der Waals surface area (Å²) in [7, 11) is 3.39. The van der Waals surface area contributed by atoms with Crippen LogP contribution in [0.25, 0.3) is 10.9 Å². The molecule has 0 radical (unpaired) electrons. The summed E-state index contributed by atoms with van der Waals surface area (Å²) >= 11 is 0. The molecule has 0 unspecified atom stereocenters. The monoisotopic (exact) mass is 275 g/mol. The third kappa shape index (κ3) is 3.05. The van der Waals surface area contributed by atoms with Crippen molar-refractivity contribution in [3.63, 3.8) is 0 Å². The second-order valence-electron chi connectivity index (χ2n) is 4.66. The fraction of sp³-hybridized carbons (Fsp3) is 0.308. The summed E-state index contributed by atoms with van der Waals surface area (Å²) in [6.45, 7) is 0.403. The van der Waals surface area contributed by atoms with Gasteiger partial charge in [-0.15, -0.1) is 0 Å². The van der Waals surface area contributed by atoms with Gasteiger partial charge in [-0.05, 0) is 18.2 Å². The second-order valence-corrected chi connectivity index (χ2v) is 4.66.